The summed E-state index contributed by atoms with van der Waals surface area (Å²) in [5, 5.41) is 73.2. The molecular weight excluding hydrogens is 784 g/mol. The molecule has 0 unspecified atom stereocenters. The predicted molar refractivity (Wildman–Crippen MR) is 230 cm³/mol. The Labute approximate surface area is 353 Å². The van der Waals surface area contributed by atoms with Gasteiger partial charge in [-0.05, 0) is 122 Å². The molecule has 0 aliphatic rings. The van der Waals surface area contributed by atoms with Crippen molar-refractivity contribution in [2.24, 2.45) is 0 Å². The third kappa shape index (κ3) is 21.5. The molecule has 59 heavy (non-hydrogen) atoms. The summed E-state index contributed by atoms with van der Waals surface area (Å²) in [6, 6.07) is 21.1. The van der Waals surface area contributed by atoms with Gasteiger partial charge in [-0.25, -0.2) is 0 Å². The number of phenolic OH excluding ortho intramolecular Hbond substituents is 4. The Hall–Kier alpha value is -5.05. The Morgan fingerprint density at radius 3 is 1.05 bits per heavy atom. The largest absolute Gasteiger partial charge is 0.504 e. The minimum absolute atomic E-state index is 0. The van der Waals surface area contributed by atoms with Gasteiger partial charge < -0.3 is 64.5 Å². The van der Waals surface area contributed by atoms with Crippen LogP contribution in [0.15, 0.2) is 85.6 Å². The van der Waals surface area contributed by atoms with Gasteiger partial charge in [0.25, 0.3) is 0 Å². The van der Waals surface area contributed by atoms with Gasteiger partial charge in [0, 0.05) is 0 Å². The molecule has 4 rings (SSSR count). The first kappa shape index (κ1) is 52.0. The van der Waals surface area contributed by atoms with Crippen molar-refractivity contribution in [3.63, 3.8) is 0 Å². The van der Waals surface area contributed by atoms with E-state index in [2.05, 4.69) is 11.3 Å². The van der Waals surface area contributed by atoms with E-state index in [9.17, 15) is 20.4 Å². The number of aliphatic hydroxyl groups is 4. The number of halogens is 1. The SMILES string of the molecule is C.C=COCCCl.OCCOc1ccc(CCCCc2ccc(OCCO)c(OCCO)c2)cc1OCCO.Oc1ccc(CCCCc2ccc(O)c(O)c2)cc1O. The number of aryl methyl sites for hydroxylation is 4. The molecule has 0 bridgehead atoms. The van der Waals surface area contributed by atoms with Gasteiger partial charge in [-0.3, -0.25) is 0 Å². The first-order valence-corrected chi connectivity index (χ1v) is 19.7. The summed E-state index contributed by atoms with van der Waals surface area (Å²) in [6.45, 7) is 4.27. The van der Waals surface area contributed by atoms with E-state index in [-0.39, 0.29) is 83.3 Å². The number of benzene rings is 4. The number of aromatic hydroxyl groups is 4. The highest BCUT2D eigenvalue weighted by Crippen LogP contribution is 2.31. The molecule has 0 fully saturated rings. The number of rotatable bonds is 25. The third-order valence-corrected chi connectivity index (χ3v) is 8.32. The van der Waals surface area contributed by atoms with Gasteiger partial charge in [0.05, 0.1) is 38.6 Å². The molecule has 0 atom stereocenters. The van der Waals surface area contributed by atoms with E-state index >= 15 is 0 Å². The van der Waals surface area contributed by atoms with Crippen LogP contribution in [0.4, 0.5) is 0 Å². The fraction of sp³-hybridized carbons (Fsp3) is 0.422. The van der Waals surface area contributed by atoms with Crippen LogP contribution in [0.25, 0.3) is 0 Å². The van der Waals surface area contributed by atoms with Crippen LogP contribution in [0.2, 0.25) is 0 Å². The first-order chi connectivity index (χ1) is 28.2. The van der Waals surface area contributed by atoms with Crippen LogP contribution >= 0.6 is 11.6 Å². The minimum atomic E-state index is -0.103. The molecule has 328 valence electrons. The molecule has 0 aliphatic carbocycles. The van der Waals surface area contributed by atoms with Crippen LogP contribution in [0.1, 0.15) is 55.4 Å². The second kappa shape index (κ2) is 31.9. The summed E-state index contributed by atoms with van der Waals surface area (Å²) in [5.74, 6) is 2.37. The highest BCUT2D eigenvalue weighted by Gasteiger charge is 2.10. The third-order valence-electron chi connectivity index (χ3n) is 8.17. The van der Waals surface area contributed by atoms with Gasteiger partial charge in [0.15, 0.2) is 46.0 Å². The Balaban J connectivity index is 0.000000547. The highest BCUT2D eigenvalue weighted by atomic mass is 35.5. The molecule has 4 aromatic carbocycles. The van der Waals surface area contributed by atoms with Crippen molar-refractivity contribution in [1.82, 2.24) is 0 Å². The molecule has 0 saturated carbocycles. The zero-order valence-electron chi connectivity index (χ0n) is 32.9. The lowest BCUT2D eigenvalue weighted by Crippen LogP contribution is -2.07. The van der Waals surface area contributed by atoms with Crippen LogP contribution in [0, 0.1) is 0 Å². The topological polar surface area (TPSA) is 208 Å². The summed E-state index contributed by atoms with van der Waals surface area (Å²) in [6.07, 6.45) is 8.54. The summed E-state index contributed by atoms with van der Waals surface area (Å²) in [4.78, 5) is 0. The van der Waals surface area contributed by atoms with Gasteiger partial charge >= 0.3 is 0 Å². The van der Waals surface area contributed by atoms with E-state index in [0.717, 1.165) is 73.6 Å². The molecular formula is C45H63ClO13. The van der Waals surface area contributed by atoms with E-state index in [1.807, 2.05) is 36.4 Å². The van der Waals surface area contributed by atoms with E-state index in [1.165, 1.54) is 18.4 Å². The van der Waals surface area contributed by atoms with Crippen molar-refractivity contribution >= 4 is 11.6 Å². The Morgan fingerprint density at radius 1 is 0.441 bits per heavy atom. The quantitative estimate of drug-likeness (QED) is 0.0149. The van der Waals surface area contributed by atoms with E-state index in [4.69, 9.17) is 51.0 Å². The van der Waals surface area contributed by atoms with Crippen LogP contribution in [-0.2, 0) is 30.4 Å². The maximum Gasteiger partial charge on any atom is 0.161 e. The number of ether oxygens (including phenoxy) is 5. The summed E-state index contributed by atoms with van der Waals surface area (Å²) < 4.78 is 26.7. The molecule has 0 spiro atoms. The van der Waals surface area contributed by atoms with Crippen LogP contribution in [0.3, 0.4) is 0 Å². The molecule has 4 aromatic rings. The number of aliphatic hydroxyl groups excluding tert-OH is 4. The lowest BCUT2D eigenvalue weighted by atomic mass is 10.0. The molecule has 14 heteroatoms. The van der Waals surface area contributed by atoms with E-state index in [1.54, 1.807) is 24.3 Å². The fourth-order valence-corrected chi connectivity index (χ4v) is 5.48. The second-order valence-electron chi connectivity index (χ2n) is 12.6. The van der Waals surface area contributed by atoms with Crippen LogP contribution < -0.4 is 18.9 Å². The molecule has 0 aliphatic heterocycles. The molecule has 0 radical (unpaired) electrons. The van der Waals surface area contributed by atoms with Gasteiger partial charge in [-0.2, -0.15) is 0 Å². The molecule has 13 nitrogen and oxygen atoms in total. The van der Waals surface area contributed by atoms with Crippen LogP contribution in [0.5, 0.6) is 46.0 Å². The number of alkyl halides is 1. The standard InChI is InChI=1S/C24H34O8.C16H18O4.C4H7ClO.CH4/c25-9-13-29-21-7-5-19(17-23(21)31-15-11-27)3-1-2-4-20-6-8-22(30-14-10-26)24(18-20)32-16-12-28;17-13-7-5-11(9-15(13)19)3-1-2-4-12-6-8-14(18)16(20)10-12;1-2-6-4-3-5;/h5-8,17-18,25-28H,1-4,9-16H2;5-10,17-20H,1-4H2;2H,1,3-4H2;1H4. The van der Waals surface area contributed by atoms with E-state index in [0.29, 0.717) is 35.5 Å². The van der Waals surface area contributed by atoms with Crippen LogP contribution in [-0.4, -0.2) is 106 Å². The van der Waals surface area contributed by atoms with E-state index < -0.39 is 0 Å². The van der Waals surface area contributed by atoms with Crippen molar-refractivity contribution in [2.75, 3.05) is 65.3 Å². The van der Waals surface area contributed by atoms with Gasteiger partial charge in [0.1, 0.15) is 33.0 Å². The summed E-state index contributed by atoms with van der Waals surface area (Å²) >= 11 is 5.21. The number of hydrogen-bond acceptors (Lipinski definition) is 13. The summed E-state index contributed by atoms with van der Waals surface area (Å²) in [7, 11) is 0. The van der Waals surface area contributed by atoms with Crippen molar-refractivity contribution in [2.45, 2.75) is 58.8 Å². The first-order valence-electron chi connectivity index (χ1n) is 19.2. The Bertz CT molecular complexity index is 1600. The Morgan fingerprint density at radius 2 is 0.763 bits per heavy atom. The Kier molecular flexibility index (Phi) is 28.1. The van der Waals surface area contributed by atoms with Gasteiger partial charge in [-0.1, -0.05) is 38.3 Å². The zero-order chi connectivity index (χ0) is 42.4. The lowest BCUT2D eigenvalue weighted by Gasteiger charge is -2.14. The molecule has 0 aromatic heterocycles. The summed E-state index contributed by atoms with van der Waals surface area (Å²) in [5.41, 5.74) is 4.17. The molecule has 0 saturated heterocycles. The zero-order valence-corrected chi connectivity index (χ0v) is 33.7. The van der Waals surface area contributed by atoms with Crippen molar-refractivity contribution in [1.29, 1.82) is 0 Å². The average Bonchev–Trinajstić information content (AvgIpc) is 3.23. The maximum atomic E-state index is 9.39. The average molecular weight is 847 g/mol. The second-order valence-corrected chi connectivity index (χ2v) is 13.0. The van der Waals surface area contributed by atoms with Crippen molar-refractivity contribution in [3.8, 4) is 46.0 Å². The highest BCUT2D eigenvalue weighted by molar-refractivity contribution is 6.17. The number of unbranched alkanes of at least 4 members (excludes halogenated alkanes) is 2. The lowest BCUT2D eigenvalue weighted by molar-refractivity contribution is 0.178. The molecule has 0 heterocycles. The maximum absolute atomic E-state index is 9.39. The number of hydrogen-bond donors (Lipinski definition) is 8. The van der Waals surface area contributed by atoms with Crippen molar-refractivity contribution in [3.05, 3.63) is 108 Å². The smallest absolute Gasteiger partial charge is 0.161 e. The fourth-order valence-electron chi connectivity index (χ4n) is 5.40. The normalized spacial score (nSPS) is 10.2. The van der Waals surface area contributed by atoms with Gasteiger partial charge in [0.2, 0.25) is 0 Å². The predicted octanol–water partition coefficient (Wildman–Crippen LogP) is 6.83. The molecule has 0 amide bonds. The van der Waals surface area contributed by atoms with Gasteiger partial charge in [-0.15, -0.1) is 11.6 Å². The minimum Gasteiger partial charge on any atom is -0.504 e. The number of phenols is 4. The molecule has 8 N–H and O–H groups in total. The van der Waals surface area contributed by atoms with Crippen molar-refractivity contribution < 1.29 is 64.5 Å². The monoisotopic (exact) mass is 846 g/mol.